The average molecular weight is 597 g/mol. The summed E-state index contributed by atoms with van der Waals surface area (Å²) in [5, 5.41) is 2.89. The predicted octanol–water partition coefficient (Wildman–Crippen LogP) is 4.90. The number of hydrogen-bond acceptors (Lipinski definition) is 7. The van der Waals surface area contributed by atoms with Crippen LogP contribution in [0.5, 0.6) is 0 Å². The number of amides is 1. The van der Waals surface area contributed by atoms with Gasteiger partial charge in [0.15, 0.2) is 18.4 Å². The first-order valence-corrected chi connectivity index (χ1v) is 14.7. The van der Waals surface area contributed by atoms with E-state index in [1.807, 2.05) is 33.8 Å². The SMILES string of the molecule is C=CC1=C(C)C(=CC2=NC(=C3CC(=O)c4c3[nH]c(Cc3[nH]c(C=O)c(C=O)c3CC)c4C)C(CCC(=O)OC)C2C)NC1=O. The first-order valence-electron chi connectivity index (χ1n) is 14.7. The summed E-state index contributed by atoms with van der Waals surface area (Å²) in [6.45, 7) is 11.4. The number of aliphatic imine (C=N–C) groups is 1. The molecule has 4 heterocycles. The van der Waals surface area contributed by atoms with Gasteiger partial charge in [0.2, 0.25) is 0 Å². The number of ether oxygens (including phenoxy) is 1. The third kappa shape index (κ3) is 5.04. The molecule has 2 aliphatic heterocycles. The summed E-state index contributed by atoms with van der Waals surface area (Å²) in [4.78, 5) is 72.9. The Morgan fingerprint density at radius 3 is 2.50 bits per heavy atom. The molecular weight excluding hydrogens is 560 g/mol. The Morgan fingerprint density at radius 1 is 1.14 bits per heavy atom. The number of aromatic amines is 2. The van der Waals surface area contributed by atoms with Crippen molar-refractivity contribution in [2.24, 2.45) is 16.8 Å². The number of Topliss-reactive ketones (excluding diaryl/α,β-unsaturated/α-hetero) is 1. The van der Waals surface area contributed by atoms with Gasteiger partial charge >= 0.3 is 5.97 Å². The van der Waals surface area contributed by atoms with Crippen LogP contribution in [0.3, 0.4) is 0 Å². The lowest BCUT2D eigenvalue weighted by Gasteiger charge is -2.18. The van der Waals surface area contributed by atoms with Crippen molar-refractivity contribution in [1.82, 2.24) is 15.3 Å². The first kappa shape index (κ1) is 30.6. The van der Waals surface area contributed by atoms with E-state index >= 15 is 0 Å². The van der Waals surface area contributed by atoms with Crippen molar-refractivity contribution in [3.8, 4) is 0 Å². The molecule has 1 amide bonds. The van der Waals surface area contributed by atoms with E-state index in [1.54, 1.807) is 0 Å². The van der Waals surface area contributed by atoms with E-state index in [9.17, 15) is 24.0 Å². The van der Waals surface area contributed by atoms with E-state index in [0.717, 1.165) is 45.1 Å². The minimum absolute atomic E-state index is 0.0225. The van der Waals surface area contributed by atoms with Crippen molar-refractivity contribution in [1.29, 1.82) is 0 Å². The number of aromatic nitrogens is 2. The van der Waals surface area contributed by atoms with E-state index < -0.39 is 0 Å². The standard InChI is InChI=1S/C34H36N4O6/c1-7-19-16(3)25(38-34(19)43)12-24-17(4)21(9-10-30(42)44-6)32(36-24)22-11-29(41)31-18(5)26(37-33(22)31)13-27-20(8-2)23(14-39)28(15-40)35-27/h7,12,14-15,17,21,35,37H,1,8-11,13H2,2-6H3,(H,38,43). The molecule has 44 heavy (non-hydrogen) atoms. The van der Waals surface area contributed by atoms with Gasteiger partial charge < -0.3 is 20.0 Å². The maximum absolute atomic E-state index is 13.5. The minimum Gasteiger partial charge on any atom is -0.469 e. The lowest BCUT2D eigenvalue weighted by atomic mass is 9.84. The Bertz CT molecular complexity index is 1760. The fraction of sp³-hybridized carbons (Fsp3) is 0.353. The zero-order valence-corrected chi connectivity index (χ0v) is 25.6. The molecule has 3 N–H and O–H groups in total. The predicted molar refractivity (Wildman–Crippen MR) is 166 cm³/mol. The van der Waals surface area contributed by atoms with E-state index in [0.29, 0.717) is 59.9 Å². The van der Waals surface area contributed by atoms with Gasteiger partial charge in [-0.3, -0.25) is 29.0 Å². The molecule has 228 valence electrons. The molecule has 2 aromatic rings. The minimum atomic E-state index is -0.325. The highest BCUT2D eigenvalue weighted by Crippen LogP contribution is 2.45. The van der Waals surface area contributed by atoms with Crippen molar-refractivity contribution in [2.45, 2.75) is 59.8 Å². The molecule has 0 bridgehead atoms. The van der Waals surface area contributed by atoms with Gasteiger partial charge in [0, 0.05) is 76.2 Å². The average Bonchev–Trinajstić information content (AvgIpc) is 3.77. The lowest BCUT2D eigenvalue weighted by molar-refractivity contribution is -0.140. The molecule has 0 spiro atoms. The summed E-state index contributed by atoms with van der Waals surface area (Å²) >= 11 is 0. The summed E-state index contributed by atoms with van der Waals surface area (Å²) in [5.74, 6) is -0.830. The number of carbonyl (C=O) groups is 5. The van der Waals surface area contributed by atoms with Gasteiger partial charge in [-0.15, -0.1) is 0 Å². The number of fused-ring (bicyclic) bond motifs is 1. The third-order valence-corrected chi connectivity index (χ3v) is 9.14. The summed E-state index contributed by atoms with van der Waals surface area (Å²) in [7, 11) is 1.36. The molecule has 0 radical (unpaired) electrons. The molecule has 3 aliphatic rings. The van der Waals surface area contributed by atoms with Crippen molar-refractivity contribution in [2.75, 3.05) is 7.11 Å². The Kier molecular flexibility index (Phi) is 8.36. The number of esters is 1. The van der Waals surface area contributed by atoms with Gasteiger partial charge in [-0.2, -0.15) is 0 Å². The first-order chi connectivity index (χ1) is 21.1. The summed E-state index contributed by atoms with van der Waals surface area (Å²) < 4.78 is 4.91. The number of ketones is 1. The van der Waals surface area contributed by atoms with Crippen LogP contribution in [0.15, 0.2) is 46.3 Å². The van der Waals surface area contributed by atoms with Crippen LogP contribution in [0, 0.1) is 18.8 Å². The Balaban J connectivity index is 1.60. The van der Waals surface area contributed by atoms with Crippen LogP contribution < -0.4 is 5.32 Å². The molecule has 2 aromatic heterocycles. The monoisotopic (exact) mass is 596 g/mol. The number of nitrogens with zero attached hydrogens (tertiary/aromatic N) is 1. The van der Waals surface area contributed by atoms with Gasteiger partial charge in [-0.1, -0.05) is 26.5 Å². The highest BCUT2D eigenvalue weighted by molar-refractivity contribution is 6.14. The van der Waals surface area contributed by atoms with Gasteiger partial charge in [0.25, 0.3) is 5.91 Å². The smallest absolute Gasteiger partial charge is 0.305 e. The number of nitrogens with one attached hydrogen (secondary N) is 3. The number of rotatable bonds is 10. The molecular formula is C34H36N4O6. The van der Waals surface area contributed by atoms with Crippen LogP contribution >= 0.6 is 0 Å². The van der Waals surface area contributed by atoms with Gasteiger partial charge in [-0.05, 0) is 49.5 Å². The summed E-state index contributed by atoms with van der Waals surface area (Å²) in [6, 6.07) is 0. The third-order valence-electron chi connectivity index (χ3n) is 9.14. The number of aldehydes is 2. The zero-order valence-electron chi connectivity index (χ0n) is 25.6. The van der Waals surface area contributed by atoms with Crippen LogP contribution in [0.4, 0.5) is 0 Å². The Labute approximate surface area is 255 Å². The molecule has 10 nitrogen and oxygen atoms in total. The molecule has 0 fully saturated rings. The molecule has 0 saturated carbocycles. The summed E-state index contributed by atoms with van der Waals surface area (Å²) in [6.07, 6.45) is 6.53. The van der Waals surface area contributed by atoms with Gasteiger partial charge in [-0.25, -0.2) is 0 Å². The Morgan fingerprint density at radius 2 is 1.89 bits per heavy atom. The van der Waals surface area contributed by atoms with Crippen molar-refractivity contribution >= 4 is 41.5 Å². The van der Waals surface area contributed by atoms with Crippen LogP contribution in [-0.2, 0) is 27.2 Å². The fourth-order valence-electron chi connectivity index (χ4n) is 6.66. The fourth-order valence-corrected chi connectivity index (χ4v) is 6.66. The molecule has 2 unspecified atom stereocenters. The molecule has 10 heteroatoms. The molecule has 5 rings (SSSR count). The number of H-pyrrole nitrogens is 2. The zero-order chi connectivity index (χ0) is 31.9. The maximum atomic E-state index is 13.5. The number of allylic oxidation sites excluding steroid dienone is 4. The van der Waals surface area contributed by atoms with Crippen LogP contribution in [0.25, 0.3) is 5.57 Å². The second-order valence-corrected chi connectivity index (χ2v) is 11.4. The summed E-state index contributed by atoms with van der Waals surface area (Å²) in [5.41, 5.74) is 9.28. The Hall–Kier alpha value is -4.86. The maximum Gasteiger partial charge on any atom is 0.305 e. The quantitative estimate of drug-likeness (QED) is 0.262. The van der Waals surface area contributed by atoms with Gasteiger partial charge in [0.1, 0.15) is 0 Å². The second-order valence-electron chi connectivity index (χ2n) is 11.4. The number of methoxy groups -OCH3 is 1. The topological polar surface area (TPSA) is 151 Å². The van der Waals surface area contributed by atoms with E-state index in [2.05, 4.69) is 21.9 Å². The van der Waals surface area contributed by atoms with Crippen LogP contribution in [0.2, 0.25) is 0 Å². The van der Waals surface area contributed by atoms with E-state index in [1.165, 1.54) is 13.2 Å². The molecule has 0 saturated heterocycles. The van der Waals surface area contributed by atoms with Crippen molar-refractivity contribution < 1.29 is 28.7 Å². The van der Waals surface area contributed by atoms with Crippen molar-refractivity contribution in [3.05, 3.63) is 86.3 Å². The largest absolute Gasteiger partial charge is 0.469 e. The molecule has 2 atom stereocenters. The van der Waals surface area contributed by atoms with Crippen LogP contribution in [-0.4, -0.2) is 53.0 Å². The number of hydrogen-bond donors (Lipinski definition) is 3. The van der Waals surface area contributed by atoms with Crippen LogP contribution in [0.1, 0.15) is 99.4 Å². The highest BCUT2D eigenvalue weighted by atomic mass is 16.5. The van der Waals surface area contributed by atoms with E-state index in [-0.39, 0.29) is 48.0 Å². The van der Waals surface area contributed by atoms with Crippen molar-refractivity contribution in [3.63, 3.8) is 0 Å². The van der Waals surface area contributed by atoms with Gasteiger partial charge in [0.05, 0.1) is 24.2 Å². The second kappa shape index (κ2) is 12.0. The molecule has 0 aromatic carbocycles. The number of carbonyl (C=O) groups excluding carboxylic acids is 5. The normalized spacial score (nSPS) is 22.0. The van der Waals surface area contributed by atoms with E-state index in [4.69, 9.17) is 9.73 Å². The molecule has 1 aliphatic carbocycles. The lowest BCUT2D eigenvalue weighted by Crippen LogP contribution is -2.19. The highest BCUT2D eigenvalue weighted by Gasteiger charge is 2.39.